The Kier molecular flexibility index (Phi) is 4.16. The second kappa shape index (κ2) is 5.85. The first-order valence-corrected chi connectivity index (χ1v) is 6.11. The van der Waals surface area contributed by atoms with Crippen LogP contribution in [0.5, 0.6) is 0 Å². The van der Waals surface area contributed by atoms with E-state index in [-0.39, 0.29) is 27.1 Å². The predicted molar refractivity (Wildman–Crippen MR) is 75.3 cm³/mol. The van der Waals surface area contributed by atoms with Gasteiger partial charge in [0.2, 0.25) is 0 Å². The highest BCUT2D eigenvalue weighted by Gasteiger charge is 2.23. The quantitative estimate of drug-likeness (QED) is 0.533. The van der Waals surface area contributed by atoms with Crippen LogP contribution in [-0.4, -0.2) is 15.8 Å². The summed E-state index contributed by atoms with van der Waals surface area (Å²) in [6.07, 6.45) is 1.45. The zero-order valence-electron chi connectivity index (χ0n) is 9.84. The van der Waals surface area contributed by atoms with E-state index in [2.05, 4.69) is 10.3 Å². The molecule has 0 bridgehead atoms. The van der Waals surface area contributed by atoms with Crippen molar-refractivity contribution < 1.29 is 9.72 Å². The zero-order valence-corrected chi connectivity index (χ0v) is 11.4. The molecule has 2 rings (SSSR count). The average Bonchev–Trinajstić information content (AvgIpc) is 2.40. The third kappa shape index (κ3) is 2.87. The van der Waals surface area contributed by atoms with Gasteiger partial charge in [0.05, 0.1) is 15.6 Å². The van der Waals surface area contributed by atoms with Crippen LogP contribution in [0, 0.1) is 10.1 Å². The van der Waals surface area contributed by atoms with Crippen molar-refractivity contribution in [2.45, 2.75) is 0 Å². The van der Waals surface area contributed by atoms with Crippen molar-refractivity contribution >= 4 is 40.5 Å². The molecule has 102 valence electrons. The van der Waals surface area contributed by atoms with Gasteiger partial charge >= 0.3 is 0 Å². The highest BCUT2D eigenvalue weighted by molar-refractivity contribution is 6.36. The van der Waals surface area contributed by atoms with Crippen molar-refractivity contribution in [2.24, 2.45) is 0 Å². The van der Waals surface area contributed by atoms with Crippen LogP contribution in [0.25, 0.3) is 0 Å². The Bertz CT molecular complexity index is 691. The van der Waals surface area contributed by atoms with Gasteiger partial charge in [-0.2, -0.15) is 0 Å². The molecule has 1 heterocycles. The Morgan fingerprint density at radius 2 is 2.00 bits per heavy atom. The maximum atomic E-state index is 12.1. The number of anilines is 1. The fourth-order valence-electron chi connectivity index (χ4n) is 1.55. The van der Waals surface area contributed by atoms with Crippen LogP contribution in [0.15, 0.2) is 36.5 Å². The molecule has 0 atom stereocenters. The molecule has 0 aliphatic rings. The van der Waals surface area contributed by atoms with Gasteiger partial charge in [0.1, 0.15) is 5.56 Å². The number of nitrogens with zero attached hydrogens (tertiary/aromatic N) is 2. The van der Waals surface area contributed by atoms with Gasteiger partial charge in [-0.1, -0.05) is 29.3 Å². The third-order valence-electron chi connectivity index (χ3n) is 2.42. The first-order valence-electron chi connectivity index (χ1n) is 5.35. The van der Waals surface area contributed by atoms with Crippen LogP contribution in [0.4, 0.5) is 11.4 Å². The van der Waals surface area contributed by atoms with E-state index < -0.39 is 10.8 Å². The lowest BCUT2D eigenvalue weighted by Crippen LogP contribution is -2.15. The number of nitro benzene ring substituents is 1. The summed E-state index contributed by atoms with van der Waals surface area (Å²) < 4.78 is 0. The number of benzene rings is 1. The molecule has 0 aliphatic heterocycles. The summed E-state index contributed by atoms with van der Waals surface area (Å²) in [5.74, 6) is -0.725. The average molecular weight is 312 g/mol. The van der Waals surface area contributed by atoms with Crippen LogP contribution in [-0.2, 0) is 0 Å². The highest BCUT2D eigenvalue weighted by Crippen LogP contribution is 2.28. The summed E-state index contributed by atoms with van der Waals surface area (Å²) in [7, 11) is 0. The Morgan fingerprint density at radius 1 is 1.25 bits per heavy atom. The van der Waals surface area contributed by atoms with Crippen LogP contribution in [0.3, 0.4) is 0 Å². The number of hydrogen-bond donors (Lipinski definition) is 1. The Labute approximate surface area is 123 Å². The van der Waals surface area contributed by atoms with Gasteiger partial charge in [0.15, 0.2) is 5.15 Å². The van der Waals surface area contributed by atoms with Crippen LogP contribution in [0.1, 0.15) is 10.4 Å². The number of pyridine rings is 1. The van der Waals surface area contributed by atoms with E-state index in [1.165, 1.54) is 30.5 Å². The van der Waals surface area contributed by atoms with E-state index in [4.69, 9.17) is 23.2 Å². The number of nitrogens with one attached hydrogen (secondary N) is 1. The largest absolute Gasteiger partial charge is 0.319 e. The maximum Gasteiger partial charge on any atom is 0.283 e. The monoisotopic (exact) mass is 311 g/mol. The van der Waals surface area contributed by atoms with Gasteiger partial charge < -0.3 is 5.32 Å². The number of rotatable bonds is 3. The van der Waals surface area contributed by atoms with Crippen molar-refractivity contribution in [3.8, 4) is 0 Å². The summed E-state index contributed by atoms with van der Waals surface area (Å²) >= 11 is 11.7. The second-order valence-corrected chi connectivity index (χ2v) is 4.45. The fourth-order valence-corrected chi connectivity index (χ4v) is 1.98. The normalized spacial score (nSPS) is 10.1. The summed E-state index contributed by atoms with van der Waals surface area (Å²) in [6.45, 7) is 0. The summed E-state index contributed by atoms with van der Waals surface area (Å²) in [4.78, 5) is 26.2. The number of carbonyl (C=O) groups excluding carboxylic acids is 1. The number of carbonyl (C=O) groups is 1. The minimum Gasteiger partial charge on any atom is -0.319 e. The van der Waals surface area contributed by atoms with Gasteiger partial charge in [-0.05, 0) is 18.2 Å². The van der Waals surface area contributed by atoms with E-state index in [1.807, 2.05) is 0 Å². The first kappa shape index (κ1) is 14.2. The second-order valence-electron chi connectivity index (χ2n) is 3.69. The lowest BCUT2D eigenvalue weighted by molar-refractivity contribution is -0.385. The minimum atomic E-state index is -0.725. The van der Waals surface area contributed by atoms with E-state index in [0.29, 0.717) is 0 Å². The molecule has 0 fully saturated rings. The molecule has 2 aromatic rings. The topological polar surface area (TPSA) is 85.1 Å². The van der Waals surface area contributed by atoms with Gasteiger partial charge in [-0.15, -0.1) is 0 Å². The molecule has 0 radical (unpaired) electrons. The number of aromatic nitrogens is 1. The Morgan fingerprint density at radius 3 is 2.65 bits per heavy atom. The Hall–Kier alpha value is -2.18. The minimum absolute atomic E-state index is 0.0169. The Balaban J connectivity index is 2.40. The van der Waals surface area contributed by atoms with Crippen LogP contribution in [0.2, 0.25) is 10.2 Å². The standard InChI is InChI=1S/C12H7Cl2N3O3/c13-7-3-1-5-9(17(19)20)10(7)12(18)16-8-4-2-6-15-11(8)14/h1-6H,(H,16,18). The van der Waals surface area contributed by atoms with E-state index >= 15 is 0 Å². The van der Waals surface area contributed by atoms with E-state index in [1.54, 1.807) is 6.07 Å². The van der Waals surface area contributed by atoms with Gasteiger partial charge in [0, 0.05) is 12.3 Å². The van der Waals surface area contributed by atoms with Crippen molar-refractivity contribution in [2.75, 3.05) is 5.32 Å². The van der Waals surface area contributed by atoms with Gasteiger partial charge in [-0.25, -0.2) is 4.98 Å². The molecule has 0 aliphatic carbocycles. The molecule has 0 saturated carbocycles. The van der Waals surface area contributed by atoms with E-state index in [9.17, 15) is 14.9 Å². The third-order valence-corrected chi connectivity index (χ3v) is 3.04. The molecular formula is C12H7Cl2N3O3. The van der Waals surface area contributed by atoms with Crippen LogP contribution >= 0.6 is 23.2 Å². The fraction of sp³-hybridized carbons (Fsp3) is 0. The smallest absolute Gasteiger partial charge is 0.283 e. The van der Waals surface area contributed by atoms with Gasteiger partial charge in [-0.3, -0.25) is 14.9 Å². The molecule has 1 aromatic carbocycles. The number of halogens is 2. The maximum absolute atomic E-state index is 12.1. The lowest BCUT2D eigenvalue weighted by atomic mass is 10.1. The van der Waals surface area contributed by atoms with Crippen molar-refractivity contribution in [1.29, 1.82) is 0 Å². The molecule has 20 heavy (non-hydrogen) atoms. The van der Waals surface area contributed by atoms with Gasteiger partial charge in [0.25, 0.3) is 11.6 Å². The molecular weight excluding hydrogens is 305 g/mol. The van der Waals surface area contributed by atoms with E-state index in [0.717, 1.165) is 0 Å². The summed E-state index contributed by atoms with van der Waals surface area (Å²) in [5.41, 5.74) is -0.359. The van der Waals surface area contributed by atoms with Crippen molar-refractivity contribution in [3.63, 3.8) is 0 Å². The highest BCUT2D eigenvalue weighted by atomic mass is 35.5. The summed E-state index contributed by atoms with van der Waals surface area (Å²) in [6, 6.07) is 7.09. The lowest BCUT2D eigenvalue weighted by Gasteiger charge is -2.08. The number of amides is 1. The molecule has 1 N–H and O–H groups in total. The van der Waals surface area contributed by atoms with Crippen molar-refractivity contribution in [1.82, 2.24) is 4.98 Å². The molecule has 1 aromatic heterocycles. The number of nitro groups is 1. The number of hydrogen-bond acceptors (Lipinski definition) is 4. The van der Waals surface area contributed by atoms with Crippen LogP contribution < -0.4 is 5.32 Å². The SMILES string of the molecule is O=C(Nc1cccnc1Cl)c1c(Cl)cccc1[N+](=O)[O-]. The zero-order chi connectivity index (χ0) is 14.7. The predicted octanol–water partition coefficient (Wildman–Crippen LogP) is 3.55. The molecule has 0 unspecified atom stereocenters. The molecule has 8 heteroatoms. The first-order chi connectivity index (χ1) is 9.50. The molecule has 0 spiro atoms. The van der Waals surface area contributed by atoms with Crippen molar-refractivity contribution in [3.05, 3.63) is 62.4 Å². The summed E-state index contributed by atoms with van der Waals surface area (Å²) in [5, 5.41) is 13.4. The molecule has 0 saturated heterocycles. The molecule has 6 nitrogen and oxygen atoms in total. The molecule has 1 amide bonds.